The smallest absolute Gasteiger partial charge is 0.295 e. The second kappa shape index (κ2) is 11.2. The molecule has 0 aliphatic heterocycles. The summed E-state index contributed by atoms with van der Waals surface area (Å²) >= 11 is 1.28. The number of nitro groups is 1. The topological polar surface area (TPSA) is 128 Å². The number of carbonyl (C=O) groups is 2. The third kappa shape index (κ3) is 5.68. The van der Waals surface area contributed by atoms with Gasteiger partial charge in [0, 0.05) is 35.3 Å². The molecule has 38 heavy (non-hydrogen) atoms. The van der Waals surface area contributed by atoms with Crippen LogP contribution in [0.3, 0.4) is 0 Å². The zero-order valence-corrected chi connectivity index (χ0v) is 21.7. The van der Waals surface area contributed by atoms with Gasteiger partial charge in [0.05, 0.1) is 21.6 Å². The number of carbonyl (C=O) groups excluding carboxylic acids is 2. The van der Waals surface area contributed by atoms with Crippen LogP contribution in [0.5, 0.6) is 0 Å². The molecule has 194 valence electrons. The molecule has 2 N–H and O–H groups in total. The standard InChI is InChI=1S/C27H25N5O5S/c1-17-24(27(35)31(30(17)3)21-9-5-4-6-10-21)29-25(33)18(2)38-23-11-7-8-20(16-23)28-26(34)19-12-14-22(15-13-19)32(36)37/h4-16,18H,1-3H3,(H,28,34)(H,29,33). The molecule has 1 aromatic heterocycles. The largest absolute Gasteiger partial charge is 0.322 e. The molecule has 10 nitrogen and oxygen atoms in total. The second-order valence-electron chi connectivity index (χ2n) is 8.47. The molecule has 0 fully saturated rings. The van der Waals surface area contributed by atoms with E-state index >= 15 is 0 Å². The number of nitrogens with one attached hydrogen (secondary N) is 2. The Labute approximate surface area is 222 Å². The second-order valence-corrected chi connectivity index (χ2v) is 9.89. The van der Waals surface area contributed by atoms with Crippen molar-refractivity contribution in [2.24, 2.45) is 7.05 Å². The number of nitro benzene ring substituents is 1. The van der Waals surface area contributed by atoms with Crippen LogP contribution in [0, 0.1) is 17.0 Å². The van der Waals surface area contributed by atoms with Crippen LogP contribution in [0.1, 0.15) is 23.0 Å². The summed E-state index contributed by atoms with van der Waals surface area (Å²) in [6.07, 6.45) is 0. The molecule has 0 bridgehead atoms. The Bertz CT molecular complexity index is 1560. The van der Waals surface area contributed by atoms with Crippen LogP contribution >= 0.6 is 11.8 Å². The first kappa shape index (κ1) is 26.4. The molecule has 0 aliphatic rings. The van der Waals surface area contributed by atoms with Crippen molar-refractivity contribution in [1.82, 2.24) is 9.36 Å². The summed E-state index contributed by atoms with van der Waals surface area (Å²) in [5.74, 6) is -0.747. The minimum absolute atomic E-state index is 0.100. The Hall–Kier alpha value is -4.64. The lowest BCUT2D eigenvalue weighted by atomic mass is 10.2. The van der Waals surface area contributed by atoms with Gasteiger partial charge in [-0.25, -0.2) is 4.68 Å². The SMILES string of the molecule is Cc1c(NC(=O)C(C)Sc2cccc(NC(=O)c3ccc([N+](=O)[O-])cc3)c2)c(=O)n(-c2ccccc2)n1C. The number of benzene rings is 3. The first-order valence-electron chi connectivity index (χ1n) is 11.6. The number of amides is 2. The molecule has 1 unspecified atom stereocenters. The number of rotatable bonds is 8. The summed E-state index contributed by atoms with van der Waals surface area (Å²) in [7, 11) is 1.76. The van der Waals surface area contributed by atoms with E-state index in [4.69, 9.17) is 0 Å². The number of aromatic nitrogens is 2. The van der Waals surface area contributed by atoms with E-state index in [1.54, 1.807) is 43.8 Å². The Kier molecular flexibility index (Phi) is 7.77. The molecule has 3 aromatic carbocycles. The maximum Gasteiger partial charge on any atom is 0.295 e. The highest BCUT2D eigenvalue weighted by molar-refractivity contribution is 8.00. The van der Waals surface area contributed by atoms with E-state index in [1.807, 2.05) is 36.4 Å². The third-order valence-corrected chi connectivity index (χ3v) is 7.01. The van der Waals surface area contributed by atoms with Gasteiger partial charge in [-0.2, -0.15) is 0 Å². The Morgan fingerprint density at radius 1 is 0.974 bits per heavy atom. The van der Waals surface area contributed by atoms with Gasteiger partial charge in [0.2, 0.25) is 5.91 Å². The molecular weight excluding hydrogens is 506 g/mol. The molecule has 1 heterocycles. The van der Waals surface area contributed by atoms with E-state index in [2.05, 4.69) is 10.6 Å². The molecule has 0 saturated carbocycles. The van der Waals surface area contributed by atoms with Gasteiger partial charge in [-0.1, -0.05) is 24.3 Å². The lowest BCUT2D eigenvalue weighted by molar-refractivity contribution is -0.384. The van der Waals surface area contributed by atoms with Gasteiger partial charge in [0.1, 0.15) is 5.69 Å². The number of hydrogen-bond acceptors (Lipinski definition) is 6. The predicted molar refractivity (Wildman–Crippen MR) is 147 cm³/mol. The predicted octanol–water partition coefficient (Wildman–Crippen LogP) is 4.76. The Balaban J connectivity index is 1.43. The maximum atomic E-state index is 13.1. The van der Waals surface area contributed by atoms with Crippen molar-refractivity contribution in [2.75, 3.05) is 10.6 Å². The lowest BCUT2D eigenvalue weighted by Crippen LogP contribution is -2.27. The average molecular weight is 532 g/mol. The molecule has 11 heteroatoms. The number of hydrogen-bond donors (Lipinski definition) is 2. The fraction of sp³-hybridized carbons (Fsp3) is 0.148. The van der Waals surface area contributed by atoms with E-state index in [0.717, 1.165) is 4.90 Å². The summed E-state index contributed by atoms with van der Waals surface area (Å²) in [5.41, 5.74) is 1.91. The zero-order chi connectivity index (χ0) is 27.4. The fourth-order valence-electron chi connectivity index (χ4n) is 3.78. The summed E-state index contributed by atoms with van der Waals surface area (Å²) in [5, 5.41) is 15.8. The lowest BCUT2D eigenvalue weighted by Gasteiger charge is -2.12. The van der Waals surface area contributed by atoms with Gasteiger partial charge in [-0.05, 0) is 56.3 Å². The third-order valence-electron chi connectivity index (χ3n) is 5.92. The van der Waals surface area contributed by atoms with E-state index in [0.29, 0.717) is 17.1 Å². The number of thioether (sulfide) groups is 1. The van der Waals surface area contributed by atoms with Crippen LogP contribution in [-0.2, 0) is 11.8 Å². The minimum atomic E-state index is -0.542. The van der Waals surface area contributed by atoms with Crippen LogP contribution < -0.4 is 16.2 Å². The first-order valence-corrected chi connectivity index (χ1v) is 12.5. The van der Waals surface area contributed by atoms with Crippen LogP contribution in [0.25, 0.3) is 5.69 Å². The van der Waals surface area contributed by atoms with E-state index < -0.39 is 16.1 Å². The van der Waals surface area contributed by atoms with Crippen molar-refractivity contribution in [3.05, 3.63) is 111 Å². The number of non-ortho nitro benzene ring substituents is 1. The van der Waals surface area contributed by atoms with Crippen molar-refractivity contribution >= 4 is 40.6 Å². The van der Waals surface area contributed by atoms with E-state index in [9.17, 15) is 24.5 Å². The highest BCUT2D eigenvalue weighted by Crippen LogP contribution is 2.27. The number of para-hydroxylation sites is 1. The van der Waals surface area contributed by atoms with Gasteiger partial charge < -0.3 is 10.6 Å². The molecule has 0 spiro atoms. The molecular formula is C27H25N5O5S. The van der Waals surface area contributed by atoms with Crippen LogP contribution in [-0.4, -0.2) is 31.4 Å². The Morgan fingerprint density at radius 3 is 2.32 bits per heavy atom. The molecule has 1 atom stereocenters. The quantitative estimate of drug-likeness (QED) is 0.192. The van der Waals surface area contributed by atoms with Crippen molar-refractivity contribution in [1.29, 1.82) is 0 Å². The van der Waals surface area contributed by atoms with Crippen LogP contribution in [0.4, 0.5) is 17.1 Å². The first-order chi connectivity index (χ1) is 18.2. The highest BCUT2D eigenvalue weighted by Gasteiger charge is 2.22. The summed E-state index contributed by atoms with van der Waals surface area (Å²) in [6.45, 7) is 3.50. The van der Waals surface area contributed by atoms with Gasteiger partial charge >= 0.3 is 0 Å². The minimum Gasteiger partial charge on any atom is -0.322 e. The average Bonchev–Trinajstić information content (AvgIpc) is 3.12. The van der Waals surface area contributed by atoms with Crippen molar-refractivity contribution < 1.29 is 14.5 Å². The van der Waals surface area contributed by atoms with Gasteiger partial charge in [0.15, 0.2) is 0 Å². The highest BCUT2D eigenvalue weighted by atomic mass is 32.2. The van der Waals surface area contributed by atoms with Gasteiger partial charge in [-0.15, -0.1) is 11.8 Å². The van der Waals surface area contributed by atoms with Crippen LogP contribution in [0.15, 0.2) is 88.6 Å². The molecule has 0 aliphatic carbocycles. The molecule has 4 rings (SSSR count). The molecule has 0 saturated heterocycles. The van der Waals surface area contributed by atoms with Crippen molar-refractivity contribution in [3.63, 3.8) is 0 Å². The van der Waals surface area contributed by atoms with Gasteiger partial charge in [0.25, 0.3) is 17.2 Å². The van der Waals surface area contributed by atoms with Gasteiger partial charge in [-0.3, -0.25) is 29.2 Å². The van der Waals surface area contributed by atoms with Crippen molar-refractivity contribution in [3.8, 4) is 5.69 Å². The molecule has 4 aromatic rings. The normalized spacial score (nSPS) is 11.6. The summed E-state index contributed by atoms with van der Waals surface area (Å²) < 4.78 is 3.20. The van der Waals surface area contributed by atoms with E-state index in [-0.39, 0.29) is 28.4 Å². The Morgan fingerprint density at radius 2 is 1.66 bits per heavy atom. The fourth-order valence-corrected chi connectivity index (χ4v) is 4.71. The zero-order valence-electron chi connectivity index (χ0n) is 20.9. The molecule has 0 radical (unpaired) electrons. The van der Waals surface area contributed by atoms with Crippen LogP contribution in [0.2, 0.25) is 0 Å². The number of anilines is 2. The van der Waals surface area contributed by atoms with Crippen molar-refractivity contribution in [2.45, 2.75) is 24.0 Å². The summed E-state index contributed by atoms with van der Waals surface area (Å²) in [6, 6.07) is 21.5. The number of nitrogens with zero attached hydrogens (tertiary/aromatic N) is 3. The monoisotopic (exact) mass is 531 g/mol. The summed E-state index contributed by atoms with van der Waals surface area (Å²) in [4.78, 5) is 49.7. The molecule has 2 amide bonds. The maximum absolute atomic E-state index is 13.1. The van der Waals surface area contributed by atoms with E-state index in [1.165, 1.54) is 40.7 Å².